The summed E-state index contributed by atoms with van der Waals surface area (Å²) in [5, 5.41) is 12.0. The summed E-state index contributed by atoms with van der Waals surface area (Å²) in [7, 11) is 0. The average molecular weight is 350 g/mol. The van der Waals surface area contributed by atoms with Gasteiger partial charge in [-0.1, -0.05) is 12.1 Å². The smallest absolute Gasteiger partial charge is 0.134 e. The minimum absolute atomic E-state index is 0.303. The fourth-order valence-corrected chi connectivity index (χ4v) is 3.08. The molecule has 0 aliphatic heterocycles. The van der Waals surface area contributed by atoms with Crippen LogP contribution in [0.5, 0.6) is 5.75 Å². The molecule has 3 aromatic rings. The fourth-order valence-electron chi connectivity index (χ4n) is 2.29. The van der Waals surface area contributed by atoms with E-state index in [-0.39, 0.29) is 5.82 Å². The number of rotatable bonds is 5. The van der Waals surface area contributed by atoms with Gasteiger partial charge in [-0.2, -0.15) is 5.26 Å². The Morgan fingerprint density at radius 1 is 1.20 bits per heavy atom. The summed E-state index contributed by atoms with van der Waals surface area (Å²) >= 11 is 1.41. The van der Waals surface area contributed by atoms with E-state index < -0.39 is 0 Å². The summed E-state index contributed by atoms with van der Waals surface area (Å²) in [6.45, 7) is 2.57. The van der Waals surface area contributed by atoms with E-state index in [2.05, 4.69) is 11.1 Å². The second-order valence-electron chi connectivity index (χ2n) is 5.22. The first kappa shape index (κ1) is 16.9. The number of allylic oxidation sites excluding steroid dienone is 1. The minimum Gasteiger partial charge on any atom is -0.494 e. The molecule has 0 aliphatic rings. The van der Waals surface area contributed by atoms with E-state index in [0.29, 0.717) is 17.2 Å². The molecule has 2 aromatic carbocycles. The number of hydrogen-bond acceptors (Lipinski definition) is 4. The molecule has 0 saturated heterocycles. The van der Waals surface area contributed by atoms with Crippen molar-refractivity contribution >= 4 is 23.0 Å². The van der Waals surface area contributed by atoms with Crippen LogP contribution < -0.4 is 4.74 Å². The molecule has 3 rings (SSSR count). The molecule has 5 heteroatoms. The second kappa shape index (κ2) is 7.73. The van der Waals surface area contributed by atoms with E-state index in [1.807, 2.05) is 36.6 Å². The lowest BCUT2D eigenvalue weighted by atomic mass is 10.1. The fraction of sp³-hybridized carbons (Fsp3) is 0.100. The van der Waals surface area contributed by atoms with Gasteiger partial charge in [0, 0.05) is 10.9 Å². The Kier molecular flexibility index (Phi) is 5.22. The van der Waals surface area contributed by atoms with Crippen molar-refractivity contribution in [2.24, 2.45) is 0 Å². The van der Waals surface area contributed by atoms with Crippen molar-refractivity contribution in [2.75, 3.05) is 6.61 Å². The maximum absolute atomic E-state index is 13.0. The van der Waals surface area contributed by atoms with Crippen LogP contribution in [-0.2, 0) is 0 Å². The third kappa shape index (κ3) is 4.11. The van der Waals surface area contributed by atoms with E-state index in [9.17, 15) is 9.65 Å². The number of halogens is 1. The van der Waals surface area contributed by atoms with Crippen molar-refractivity contribution in [1.82, 2.24) is 4.98 Å². The van der Waals surface area contributed by atoms with Crippen LogP contribution in [0.4, 0.5) is 4.39 Å². The van der Waals surface area contributed by atoms with E-state index in [4.69, 9.17) is 4.74 Å². The Morgan fingerprint density at radius 2 is 1.92 bits per heavy atom. The third-order valence-corrected chi connectivity index (χ3v) is 4.37. The van der Waals surface area contributed by atoms with Gasteiger partial charge < -0.3 is 4.74 Å². The molecule has 1 aromatic heterocycles. The predicted octanol–water partition coefficient (Wildman–Crippen LogP) is 5.41. The van der Waals surface area contributed by atoms with Gasteiger partial charge in [0.05, 0.1) is 17.9 Å². The summed E-state index contributed by atoms with van der Waals surface area (Å²) in [5.41, 5.74) is 2.98. The number of nitrogens with zero attached hydrogens (tertiary/aromatic N) is 2. The zero-order chi connectivity index (χ0) is 17.6. The minimum atomic E-state index is -0.303. The molecule has 0 atom stereocenters. The first-order valence-electron chi connectivity index (χ1n) is 7.76. The molecule has 1 heterocycles. The Morgan fingerprint density at radius 3 is 2.56 bits per heavy atom. The maximum atomic E-state index is 13.0. The molecule has 0 aliphatic carbocycles. The highest BCUT2D eigenvalue weighted by Crippen LogP contribution is 2.28. The second-order valence-corrected chi connectivity index (χ2v) is 6.07. The monoisotopic (exact) mass is 350 g/mol. The topological polar surface area (TPSA) is 45.9 Å². The van der Waals surface area contributed by atoms with Crippen LogP contribution >= 0.6 is 11.3 Å². The van der Waals surface area contributed by atoms with Crippen LogP contribution in [0.2, 0.25) is 0 Å². The van der Waals surface area contributed by atoms with Crippen LogP contribution in [0.1, 0.15) is 17.5 Å². The van der Waals surface area contributed by atoms with Gasteiger partial charge in [0.15, 0.2) is 0 Å². The summed E-state index contributed by atoms with van der Waals surface area (Å²) < 4.78 is 18.4. The Labute approximate surface area is 149 Å². The molecule has 0 saturated carbocycles. The molecule has 0 amide bonds. The van der Waals surface area contributed by atoms with Gasteiger partial charge in [0.25, 0.3) is 0 Å². The highest BCUT2D eigenvalue weighted by Gasteiger charge is 2.09. The van der Waals surface area contributed by atoms with Gasteiger partial charge >= 0.3 is 0 Å². The van der Waals surface area contributed by atoms with Gasteiger partial charge in [-0.3, -0.25) is 0 Å². The highest BCUT2D eigenvalue weighted by atomic mass is 32.1. The van der Waals surface area contributed by atoms with Crippen LogP contribution in [-0.4, -0.2) is 11.6 Å². The SMILES string of the molecule is CCOc1ccc(-c2csc(/C(C#N)=C\c3ccc(F)cc3)n2)cc1. The number of ether oxygens (including phenoxy) is 1. The van der Waals surface area contributed by atoms with Gasteiger partial charge in [-0.25, -0.2) is 9.37 Å². The lowest BCUT2D eigenvalue weighted by Crippen LogP contribution is -1.90. The zero-order valence-electron chi connectivity index (χ0n) is 13.6. The molecule has 0 spiro atoms. The molecule has 124 valence electrons. The van der Waals surface area contributed by atoms with E-state index in [1.165, 1.54) is 23.5 Å². The van der Waals surface area contributed by atoms with Crippen molar-refractivity contribution < 1.29 is 9.13 Å². The van der Waals surface area contributed by atoms with Gasteiger partial charge in [-0.05, 0) is 55.0 Å². The largest absolute Gasteiger partial charge is 0.494 e. The lowest BCUT2D eigenvalue weighted by Gasteiger charge is -2.03. The summed E-state index contributed by atoms with van der Waals surface area (Å²) in [5.74, 6) is 0.512. The van der Waals surface area contributed by atoms with Crippen LogP contribution in [0, 0.1) is 17.1 Å². The highest BCUT2D eigenvalue weighted by molar-refractivity contribution is 7.11. The zero-order valence-corrected chi connectivity index (χ0v) is 14.4. The Bertz CT molecular complexity index is 922. The molecule has 25 heavy (non-hydrogen) atoms. The number of benzene rings is 2. The molecule has 0 unspecified atom stereocenters. The number of aromatic nitrogens is 1. The van der Waals surface area contributed by atoms with Crippen LogP contribution in [0.15, 0.2) is 53.9 Å². The Balaban J connectivity index is 1.86. The van der Waals surface area contributed by atoms with E-state index >= 15 is 0 Å². The molecular weight excluding hydrogens is 335 g/mol. The quantitative estimate of drug-likeness (QED) is 0.578. The van der Waals surface area contributed by atoms with Crippen LogP contribution in [0.25, 0.3) is 22.9 Å². The molecule has 0 N–H and O–H groups in total. The van der Waals surface area contributed by atoms with Crippen molar-refractivity contribution in [1.29, 1.82) is 5.26 Å². The van der Waals surface area contributed by atoms with Crippen molar-refractivity contribution in [3.05, 3.63) is 70.3 Å². The summed E-state index contributed by atoms with van der Waals surface area (Å²) in [6.07, 6.45) is 1.71. The third-order valence-electron chi connectivity index (χ3n) is 3.50. The first-order chi connectivity index (χ1) is 12.2. The molecule has 3 nitrogen and oxygen atoms in total. The number of hydrogen-bond donors (Lipinski definition) is 0. The normalized spacial score (nSPS) is 11.2. The van der Waals surface area contributed by atoms with Gasteiger partial charge in [0.2, 0.25) is 0 Å². The average Bonchev–Trinajstić information content (AvgIpc) is 3.12. The molecule has 0 radical (unpaired) electrons. The first-order valence-corrected chi connectivity index (χ1v) is 8.64. The molecule has 0 bridgehead atoms. The standard InChI is InChI=1S/C20H15FN2OS/c1-2-24-18-9-5-15(6-10-18)19-13-25-20(23-19)16(12-22)11-14-3-7-17(21)8-4-14/h3-11,13H,2H2,1H3/b16-11-. The van der Waals surface area contributed by atoms with Crippen molar-refractivity contribution in [2.45, 2.75) is 6.92 Å². The summed E-state index contributed by atoms with van der Waals surface area (Å²) in [6, 6.07) is 15.9. The van der Waals surface area contributed by atoms with Crippen molar-refractivity contribution in [3.8, 4) is 23.1 Å². The van der Waals surface area contributed by atoms with Crippen LogP contribution in [0.3, 0.4) is 0 Å². The molecule has 0 fully saturated rings. The molecular formula is C20H15FN2OS. The van der Waals surface area contributed by atoms with Gasteiger partial charge in [-0.15, -0.1) is 11.3 Å². The summed E-state index contributed by atoms with van der Waals surface area (Å²) in [4.78, 5) is 4.55. The predicted molar refractivity (Wildman–Crippen MR) is 98.6 cm³/mol. The van der Waals surface area contributed by atoms with Crippen molar-refractivity contribution in [3.63, 3.8) is 0 Å². The van der Waals surface area contributed by atoms with Gasteiger partial charge in [0.1, 0.15) is 22.6 Å². The lowest BCUT2D eigenvalue weighted by molar-refractivity contribution is 0.340. The number of nitriles is 1. The maximum Gasteiger partial charge on any atom is 0.134 e. The Hall–Kier alpha value is -2.97. The number of thiazole rings is 1. The van der Waals surface area contributed by atoms with E-state index in [1.54, 1.807) is 18.2 Å². The van der Waals surface area contributed by atoms with E-state index in [0.717, 1.165) is 22.6 Å².